The topological polar surface area (TPSA) is 29.4 Å². The van der Waals surface area contributed by atoms with Gasteiger partial charge in [-0.15, -0.1) is 4.91 Å². The maximum Gasteiger partial charge on any atom is 0.384 e. The lowest BCUT2D eigenvalue weighted by molar-refractivity contribution is -0.414. The second-order valence-corrected chi connectivity index (χ2v) is 7.53. The molecule has 2 nitrogen and oxygen atoms in total. The second kappa shape index (κ2) is 7.87. The number of hydrogen-bond acceptors (Lipinski definition) is 2. The molecule has 0 saturated heterocycles. The first-order valence-electron chi connectivity index (χ1n) is 9.16. The van der Waals surface area contributed by atoms with Crippen LogP contribution in [-0.4, -0.2) is 36.0 Å². The molecule has 0 aliphatic heterocycles. The monoisotopic (exact) mass is 509 g/mol. The maximum atomic E-state index is 14.5. The van der Waals surface area contributed by atoms with E-state index in [1.807, 2.05) is 0 Å². The van der Waals surface area contributed by atoms with Crippen LogP contribution in [0.4, 0.5) is 52.7 Å². The fourth-order valence-corrected chi connectivity index (χ4v) is 3.60. The number of hydrogen-bond donors (Lipinski definition) is 0. The lowest BCUT2D eigenvalue weighted by Crippen LogP contribution is -2.69. The van der Waals surface area contributed by atoms with Gasteiger partial charge in [-0.1, -0.05) is 47.6 Å². The third kappa shape index (κ3) is 3.35. The summed E-state index contributed by atoms with van der Waals surface area (Å²) < 4.78 is 162. The molecular formula is C20H11F12NO. The van der Waals surface area contributed by atoms with Gasteiger partial charge in [-0.3, -0.25) is 0 Å². The Bertz CT molecular complexity index is 1100. The zero-order valence-electron chi connectivity index (χ0n) is 16.3. The minimum Gasteiger partial charge on any atom is -0.203 e. The second-order valence-electron chi connectivity index (χ2n) is 7.53. The van der Waals surface area contributed by atoms with Gasteiger partial charge in [0.2, 0.25) is 0 Å². The van der Waals surface area contributed by atoms with Crippen LogP contribution in [0.2, 0.25) is 0 Å². The molecule has 1 aliphatic carbocycles. The number of halogens is 12. The van der Waals surface area contributed by atoms with Crippen LogP contribution in [0, 0.1) is 4.91 Å². The molecule has 0 heterocycles. The van der Waals surface area contributed by atoms with E-state index in [0.717, 1.165) is 12.1 Å². The van der Waals surface area contributed by atoms with Crippen molar-refractivity contribution in [2.24, 2.45) is 5.18 Å². The molecule has 0 saturated carbocycles. The molecule has 1 unspecified atom stereocenters. The van der Waals surface area contributed by atoms with E-state index in [0.29, 0.717) is 22.8 Å². The highest BCUT2D eigenvalue weighted by atomic mass is 19.4. The van der Waals surface area contributed by atoms with E-state index < -0.39 is 47.6 Å². The molecule has 2 aromatic rings. The van der Waals surface area contributed by atoms with E-state index in [4.69, 9.17) is 0 Å². The molecule has 1 atom stereocenters. The average Bonchev–Trinajstić information content (AvgIpc) is 3.11. The van der Waals surface area contributed by atoms with Crippen molar-refractivity contribution in [2.45, 2.75) is 48.5 Å². The van der Waals surface area contributed by atoms with E-state index in [1.54, 1.807) is 29.4 Å². The van der Waals surface area contributed by atoms with Gasteiger partial charge in [0.15, 0.2) is 6.04 Å². The third-order valence-electron chi connectivity index (χ3n) is 5.48. The van der Waals surface area contributed by atoms with Crippen LogP contribution in [0.3, 0.4) is 0 Å². The molecule has 0 fully saturated rings. The van der Waals surface area contributed by atoms with Crippen LogP contribution in [0.1, 0.15) is 22.7 Å². The third-order valence-corrected chi connectivity index (χ3v) is 5.48. The lowest BCUT2D eigenvalue weighted by Gasteiger charge is -2.40. The normalized spacial score (nSPS) is 15.8. The highest BCUT2D eigenvalue weighted by Gasteiger charge is 2.88. The summed E-state index contributed by atoms with van der Waals surface area (Å²) in [7, 11) is 0. The van der Waals surface area contributed by atoms with Gasteiger partial charge in [-0.25, -0.2) is 8.78 Å². The number of alkyl halides is 12. The van der Waals surface area contributed by atoms with Crippen molar-refractivity contribution in [3.8, 4) is 11.1 Å². The largest absolute Gasteiger partial charge is 0.384 e. The summed E-state index contributed by atoms with van der Waals surface area (Å²) in [5.41, 5.74) is 0.742. The van der Waals surface area contributed by atoms with Gasteiger partial charge in [-0.05, 0) is 34.2 Å². The lowest BCUT2D eigenvalue weighted by atomic mass is 9.87. The van der Waals surface area contributed by atoms with Crippen molar-refractivity contribution in [1.82, 2.24) is 0 Å². The molecule has 0 N–H and O–H groups in total. The molecule has 14 heteroatoms. The summed E-state index contributed by atoms with van der Waals surface area (Å²) in [6.45, 7) is 0. The SMILES string of the molecule is O=NC(c1ccc2c(c1)Cc1ccccc1-2)C(F)(F)C(F)(F)C(F)(F)C(F)(F)C(F)(F)C(F)F. The van der Waals surface area contributed by atoms with Gasteiger partial charge < -0.3 is 0 Å². The van der Waals surface area contributed by atoms with Crippen molar-refractivity contribution >= 4 is 0 Å². The Labute approximate surface area is 182 Å². The van der Waals surface area contributed by atoms with Crippen molar-refractivity contribution in [3.05, 3.63) is 64.1 Å². The van der Waals surface area contributed by atoms with E-state index in [1.165, 1.54) is 0 Å². The Morgan fingerprint density at radius 2 is 1.21 bits per heavy atom. The van der Waals surface area contributed by atoms with Crippen LogP contribution in [0.25, 0.3) is 11.1 Å². The van der Waals surface area contributed by atoms with Gasteiger partial charge in [0.25, 0.3) is 0 Å². The zero-order valence-corrected chi connectivity index (χ0v) is 16.3. The van der Waals surface area contributed by atoms with Crippen LogP contribution in [0.15, 0.2) is 47.6 Å². The smallest absolute Gasteiger partial charge is 0.203 e. The number of rotatable bonds is 8. The van der Waals surface area contributed by atoms with Crippen molar-refractivity contribution < 1.29 is 52.7 Å². The Hall–Kier alpha value is -2.80. The summed E-state index contributed by atoms with van der Waals surface area (Å²) >= 11 is 0. The Balaban J connectivity index is 2.05. The molecule has 0 radical (unpaired) electrons. The predicted octanol–water partition coefficient (Wildman–Crippen LogP) is 7.51. The van der Waals surface area contributed by atoms with Crippen LogP contribution in [0.5, 0.6) is 0 Å². The molecule has 34 heavy (non-hydrogen) atoms. The molecule has 0 spiro atoms. The summed E-state index contributed by atoms with van der Waals surface area (Å²) in [6, 6.07) is 5.15. The summed E-state index contributed by atoms with van der Waals surface area (Å²) in [4.78, 5) is 11.0. The molecule has 2 aromatic carbocycles. The Morgan fingerprint density at radius 1 is 0.676 bits per heavy atom. The Morgan fingerprint density at radius 3 is 1.76 bits per heavy atom. The van der Waals surface area contributed by atoms with Gasteiger partial charge in [0.1, 0.15) is 0 Å². The fraction of sp³-hybridized carbons (Fsp3) is 0.400. The highest BCUT2D eigenvalue weighted by Crippen LogP contribution is 2.60. The Kier molecular flexibility index (Phi) is 5.98. The van der Waals surface area contributed by atoms with Gasteiger partial charge in [-0.2, -0.15) is 43.9 Å². The van der Waals surface area contributed by atoms with E-state index in [9.17, 15) is 57.6 Å². The first-order valence-corrected chi connectivity index (χ1v) is 9.16. The van der Waals surface area contributed by atoms with Crippen LogP contribution < -0.4 is 0 Å². The quantitative estimate of drug-likeness (QED) is 0.228. The van der Waals surface area contributed by atoms with E-state index >= 15 is 0 Å². The van der Waals surface area contributed by atoms with Crippen LogP contribution >= 0.6 is 0 Å². The molecule has 0 aromatic heterocycles. The summed E-state index contributed by atoms with van der Waals surface area (Å²) in [5.74, 6) is -36.4. The van der Waals surface area contributed by atoms with Crippen molar-refractivity contribution in [1.29, 1.82) is 0 Å². The average molecular weight is 509 g/mol. The summed E-state index contributed by atoms with van der Waals surface area (Å²) in [6.07, 6.45) is -5.56. The van der Waals surface area contributed by atoms with E-state index in [2.05, 4.69) is 0 Å². The minimum absolute atomic E-state index is 0.0434. The van der Waals surface area contributed by atoms with Crippen molar-refractivity contribution in [3.63, 3.8) is 0 Å². The first-order chi connectivity index (χ1) is 15.4. The number of nitrogens with zero attached hydrogens (tertiary/aromatic N) is 1. The van der Waals surface area contributed by atoms with Gasteiger partial charge >= 0.3 is 36.0 Å². The fourth-order valence-electron chi connectivity index (χ4n) is 3.60. The molecule has 0 amide bonds. The number of nitroso groups, excluding NO2 is 1. The van der Waals surface area contributed by atoms with Crippen LogP contribution in [-0.2, 0) is 6.42 Å². The number of fused-ring (bicyclic) bond motifs is 3. The molecule has 186 valence electrons. The first kappa shape index (κ1) is 25.8. The zero-order chi connectivity index (χ0) is 25.9. The summed E-state index contributed by atoms with van der Waals surface area (Å²) in [5, 5.41) is 1.67. The van der Waals surface area contributed by atoms with Gasteiger partial charge in [0, 0.05) is 0 Å². The van der Waals surface area contributed by atoms with E-state index in [-0.39, 0.29) is 12.0 Å². The van der Waals surface area contributed by atoms with Gasteiger partial charge in [0.05, 0.1) is 0 Å². The molecule has 1 aliphatic rings. The molecule has 0 bridgehead atoms. The highest BCUT2D eigenvalue weighted by molar-refractivity contribution is 5.77. The predicted molar refractivity (Wildman–Crippen MR) is 94.0 cm³/mol. The maximum absolute atomic E-state index is 14.5. The van der Waals surface area contributed by atoms with Crippen molar-refractivity contribution in [2.75, 3.05) is 0 Å². The standard InChI is InChI=1S/C20H11F12NO/c21-15(22)17(25,26)19(29,30)20(31,32)18(27,28)16(23,24)14(33-34)10-5-6-13-11(8-10)7-9-3-1-2-4-12(9)13/h1-6,8,14-15H,7H2. The molecule has 3 rings (SSSR count). The minimum atomic E-state index is -7.72. The molecular weight excluding hydrogens is 498 g/mol. The number of benzene rings is 2.